The van der Waals surface area contributed by atoms with Gasteiger partial charge < -0.3 is 4.98 Å². The molecule has 1 heterocycles. The van der Waals surface area contributed by atoms with Crippen LogP contribution in [0.2, 0.25) is 5.02 Å². The molecule has 0 amide bonds. The Morgan fingerprint density at radius 2 is 1.94 bits per heavy atom. The fourth-order valence-electron chi connectivity index (χ4n) is 3.19. The van der Waals surface area contributed by atoms with Crippen molar-refractivity contribution in [3.63, 3.8) is 0 Å². The molecule has 0 aliphatic heterocycles. The predicted molar refractivity (Wildman–Crippen MR) is 73.7 cm³/mol. The van der Waals surface area contributed by atoms with E-state index in [2.05, 4.69) is 30.2 Å². The minimum atomic E-state index is 0.335. The number of halogens is 1. The van der Waals surface area contributed by atoms with E-state index < -0.39 is 0 Å². The van der Waals surface area contributed by atoms with Gasteiger partial charge in [0.2, 0.25) is 0 Å². The first-order valence-corrected chi connectivity index (χ1v) is 6.84. The maximum Gasteiger partial charge on any atom is 0.0458 e. The minimum Gasteiger partial charge on any atom is -0.361 e. The number of rotatable bonds is 1. The Morgan fingerprint density at radius 1 is 1.18 bits per heavy atom. The average molecular weight is 248 g/mol. The second-order valence-electron chi connectivity index (χ2n) is 5.51. The third-order valence-electron chi connectivity index (χ3n) is 4.25. The van der Waals surface area contributed by atoms with Crippen LogP contribution < -0.4 is 0 Å². The molecular formula is C15H18ClN. The van der Waals surface area contributed by atoms with Crippen molar-refractivity contribution < 1.29 is 0 Å². The average Bonchev–Trinajstić information content (AvgIpc) is 2.73. The molecule has 0 radical (unpaired) electrons. The first kappa shape index (κ1) is 11.2. The van der Waals surface area contributed by atoms with Crippen LogP contribution in [-0.4, -0.2) is 4.98 Å². The van der Waals surface area contributed by atoms with Gasteiger partial charge in [-0.2, -0.15) is 0 Å². The second-order valence-corrected chi connectivity index (χ2v) is 5.95. The molecule has 0 bridgehead atoms. The van der Waals surface area contributed by atoms with Crippen LogP contribution in [0.1, 0.15) is 44.6 Å². The molecule has 1 aromatic heterocycles. The molecule has 0 unspecified atom stereocenters. The lowest BCUT2D eigenvalue weighted by atomic mass is 9.71. The molecule has 1 N–H and O–H groups in total. The Labute approximate surface area is 107 Å². The summed E-state index contributed by atoms with van der Waals surface area (Å²) in [5, 5.41) is 2.14. The zero-order valence-corrected chi connectivity index (χ0v) is 11.0. The van der Waals surface area contributed by atoms with Gasteiger partial charge in [-0.3, -0.25) is 0 Å². The Bertz CT molecular complexity index is 535. The van der Waals surface area contributed by atoms with Crippen molar-refractivity contribution in [2.45, 2.75) is 44.4 Å². The monoisotopic (exact) mass is 247 g/mol. The lowest BCUT2D eigenvalue weighted by molar-refractivity contribution is 0.322. The van der Waals surface area contributed by atoms with Crippen molar-refractivity contribution >= 4 is 22.5 Å². The highest BCUT2D eigenvalue weighted by molar-refractivity contribution is 6.31. The van der Waals surface area contributed by atoms with Crippen LogP contribution in [0.4, 0.5) is 0 Å². The van der Waals surface area contributed by atoms with E-state index in [-0.39, 0.29) is 0 Å². The summed E-state index contributed by atoms with van der Waals surface area (Å²) in [6.07, 6.45) is 8.87. The summed E-state index contributed by atoms with van der Waals surface area (Å²) in [6, 6.07) is 6.13. The molecule has 0 spiro atoms. The summed E-state index contributed by atoms with van der Waals surface area (Å²) in [5.74, 6) is 0. The summed E-state index contributed by atoms with van der Waals surface area (Å²) in [4.78, 5) is 3.38. The lowest BCUT2D eigenvalue weighted by Crippen LogP contribution is -2.24. The summed E-state index contributed by atoms with van der Waals surface area (Å²) in [7, 11) is 0. The van der Waals surface area contributed by atoms with Crippen molar-refractivity contribution in [3.8, 4) is 0 Å². The van der Waals surface area contributed by atoms with Crippen molar-refractivity contribution in [1.29, 1.82) is 0 Å². The van der Waals surface area contributed by atoms with Crippen molar-refractivity contribution in [3.05, 3.63) is 35.0 Å². The Morgan fingerprint density at radius 3 is 2.71 bits per heavy atom. The molecule has 2 heteroatoms. The van der Waals surface area contributed by atoms with Gasteiger partial charge in [0.25, 0.3) is 0 Å². The van der Waals surface area contributed by atoms with Crippen LogP contribution >= 0.6 is 11.6 Å². The maximum atomic E-state index is 6.12. The highest BCUT2D eigenvalue weighted by atomic mass is 35.5. The van der Waals surface area contributed by atoms with Crippen molar-refractivity contribution in [2.75, 3.05) is 0 Å². The molecule has 0 atom stereocenters. The summed E-state index contributed by atoms with van der Waals surface area (Å²) in [5.41, 5.74) is 2.99. The third-order valence-corrected chi connectivity index (χ3v) is 4.49. The van der Waals surface area contributed by atoms with E-state index in [4.69, 9.17) is 11.6 Å². The Hall–Kier alpha value is -0.950. The van der Waals surface area contributed by atoms with Gasteiger partial charge in [0.1, 0.15) is 0 Å². The lowest BCUT2D eigenvalue weighted by Gasteiger charge is -2.33. The van der Waals surface area contributed by atoms with E-state index >= 15 is 0 Å². The summed E-state index contributed by atoms with van der Waals surface area (Å²) in [6.45, 7) is 2.40. The topological polar surface area (TPSA) is 15.8 Å². The number of fused-ring (bicyclic) bond motifs is 1. The van der Waals surface area contributed by atoms with Crippen molar-refractivity contribution in [1.82, 2.24) is 4.98 Å². The molecule has 17 heavy (non-hydrogen) atoms. The fourth-order valence-corrected chi connectivity index (χ4v) is 3.37. The number of H-pyrrole nitrogens is 1. The number of aromatic nitrogens is 1. The van der Waals surface area contributed by atoms with Gasteiger partial charge in [-0.15, -0.1) is 0 Å². The molecule has 1 aliphatic rings. The normalized spacial score (nSPS) is 19.6. The highest BCUT2D eigenvalue weighted by Gasteiger charge is 2.30. The van der Waals surface area contributed by atoms with Crippen LogP contribution in [0.15, 0.2) is 24.4 Å². The molecule has 1 nitrogen and oxygen atoms in total. The van der Waals surface area contributed by atoms with Gasteiger partial charge in [0.15, 0.2) is 0 Å². The predicted octanol–water partition coefficient (Wildman–Crippen LogP) is 5.04. The minimum absolute atomic E-state index is 0.335. The number of hydrogen-bond acceptors (Lipinski definition) is 0. The smallest absolute Gasteiger partial charge is 0.0458 e. The van der Waals surface area contributed by atoms with Crippen LogP contribution in [0.5, 0.6) is 0 Å². The molecule has 1 fully saturated rings. The van der Waals surface area contributed by atoms with Gasteiger partial charge in [-0.1, -0.05) is 37.8 Å². The first-order valence-electron chi connectivity index (χ1n) is 6.46. The quantitative estimate of drug-likeness (QED) is 0.726. The standard InChI is InChI=1S/C15H18ClN/c1-15(7-3-2-4-8-15)13-10-17-14-6-5-11(16)9-12(13)14/h5-6,9-10,17H,2-4,7-8H2,1H3. The number of hydrogen-bond donors (Lipinski definition) is 1. The van der Waals surface area contributed by atoms with Gasteiger partial charge in [0, 0.05) is 22.1 Å². The zero-order chi connectivity index (χ0) is 11.9. The molecule has 1 aromatic carbocycles. The van der Waals surface area contributed by atoms with Gasteiger partial charge >= 0.3 is 0 Å². The summed E-state index contributed by atoms with van der Waals surface area (Å²) < 4.78 is 0. The second kappa shape index (κ2) is 4.06. The van der Waals surface area contributed by atoms with Gasteiger partial charge in [-0.25, -0.2) is 0 Å². The first-order chi connectivity index (χ1) is 8.19. The van der Waals surface area contributed by atoms with Crippen LogP contribution in [0.3, 0.4) is 0 Å². The molecular weight excluding hydrogens is 230 g/mol. The molecule has 1 aliphatic carbocycles. The van der Waals surface area contributed by atoms with E-state index in [9.17, 15) is 0 Å². The third kappa shape index (κ3) is 1.87. The van der Waals surface area contributed by atoms with Crippen LogP contribution in [-0.2, 0) is 5.41 Å². The Kier molecular flexibility index (Phi) is 2.67. The number of aromatic amines is 1. The van der Waals surface area contributed by atoms with E-state index in [1.54, 1.807) is 0 Å². The van der Waals surface area contributed by atoms with Gasteiger partial charge in [0.05, 0.1) is 0 Å². The molecule has 3 rings (SSSR count). The summed E-state index contributed by atoms with van der Waals surface area (Å²) >= 11 is 6.12. The molecule has 0 saturated heterocycles. The SMILES string of the molecule is CC1(c2c[nH]c3ccc(Cl)cc23)CCCCC1. The number of nitrogens with one attached hydrogen (secondary N) is 1. The van der Waals surface area contributed by atoms with E-state index in [0.29, 0.717) is 5.41 Å². The van der Waals surface area contributed by atoms with Gasteiger partial charge in [-0.05, 0) is 42.0 Å². The molecule has 1 saturated carbocycles. The van der Waals surface area contributed by atoms with Crippen LogP contribution in [0.25, 0.3) is 10.9 Å². The van der Waals surface area contributed by atoms with Crippen LogP contribution in [0, 0.1) is 0 Å². The largest absolute Gasteiger partial charge is 0.361 e. The molecule has 2 aromatic rings. The molecule has 90 valence electrons. The fraction of sp³-hybridized carbons (Fsp3) is 0.467. The highest BCUT2D eigenvalue weighted by Crippen LogP contribution is 2.42. The van der Waals surface area contributed by atoms with E-state index in [1.807, 2.05) is 6.07 Å². The maximum absolute atomic E-state index is 6.12. The van der Waals surface area contributed by atoms with Crippen molar-refractivity contribution in [2.24, 2.45) is 0 Å². The van der Waals surface area contributed by atoms with E-state index in [1.165, 1.54) is 48.6 Å². The van der Waals surface area contributed by atoms with E-state index in [0.717, 1.165) is 5.02 Å². The zero-order valence-electron chi connectivity index (χ0n) is 10.2. The Balaban J connectivity index is 2.13. The number of benzene rings is 1.